The van der Waals surface area contributed by atoms with Crippen molar-refractivity contribution >= 4 is 35.1 Å². The van der Waals surface area contributed by atoms with Gasteiger partial charge in [0.15, 0.2) is 0 Å². The summed E-state index contributed by atoms with van der Waals surface area (Å²) in [6, 6.07) is 11.5. The molecule has 0 bridgehead atoms. The van der Waals surface area contributed by atoms with E-state index in [2.05, 4.69) is 20.7 Å². The predicted molar refractivity (Wildman–Crippen MR) is 108 cm³/mol. The van der Waals surface area contributed by atoms with Crippen molar-refractivity contribution in [2.75, 3.05) is 17.7 Å². The van der Waals surface area contributed by atoms with Crippen LogP contribution < -0.4 is 20.7 Å². The van der Waals surface area contributed by atoms with Crippen molar-refractivity contribution in [2.24, 2.45) is 0 Å². The maximum Gasteiger partial charge on any atom is 0.411 e. The van der Waals surface area contributed by atoms with Gasteiger partial charge in [-0.3, -0.25) is 5.32 Å². The van der Waals surface area contributed by atoms with E-state index in [9.17, 15) is 9.59 Å². The Balaban J connectivity index is 1.79. The van der Waals surface area contributed by atoms with Crippen LogP contribution in [0, 0.1) is 0 Å². The summed E-state index contributed by atoms with van der Waals surface area (Å²) >= 11 is 5.87. The normalized spacial score (nSPS) is 16.9. The molecule has 0 aliphatic carbocycles. The quantitative estimate of drug-likeness (QED) is 0.677. The molecular formula is C20H22ClN3O4. The first-order chi connectivity index (χ1) is 13.3. The summed E-state index contributed by atoms with van der Waals surface area (Å²) in [7, 11) is 1.30. The maximum atomic E-state index is 12.5. The van der Waals surface area contributed by atoms with E-state index in [-0.39, 0.29) is 12.1 Å². The van der Waals surface area contributed by atoms with Crippen LogP contribution in [-0.2, 0) is 4.74 Å². The first-order valence-electron chi connectivity index (χ1n) is 8.77. The number of hydrogen-bond donors (Lipinski definition) is 3. The number of urea groups is 1. The first kappa shape index (κ1) is 19.8. The molecule has 3 N–H and O–H groups in total. The van der Waals surface area contributed by atoms with E-state index in [0.29, 0.717) is 28.6 Å². The molecule has 0 saturated heterocycles. The monoisotopic (exact) mass is 403 g/mol. The molecule has 0 spiro atoms. The Morgan fingerprint density at radius 3 is 2.46 bits per heavy atom. The van der Waals surface area contributed by atoms with Crippen molar-refractivity contribution in [3.8, 4) is 5.75 Å². The molecule has 0 aromatic heterocycles. The molecule has 0 saturated carbocycles. The highest BCUT2D eigenvalue weighted by Gasteiger charge is 2.34. The van der Waals surface area contributed by atoms with Crippen molar-refractivity contribution in [3.63, 3.8) is 0 Å². The minimum atomic E-state index is -0.568. The van der Waals surface area contributed by atoms with Crippen LogP contribution in [-0.4, -0.2) is 24.8 Å². The zero-order chi connectivity index (χ0) is 20.3. The molecular weight excluding hydrogens is 382 g/mol. The van der Waals surface area contributed by atoms with Gasteiger partial charge in [-0.1, -0.05) is 11.6 Å². The Morgan fingerprint density at radius 1 is 1.11 bits per heavy atom. The standard InChI is InChI=1S/C20H22ClN3O4/c1-20(2)11-16(24-18(25)22-13-6-4-12(21)5-7-13)15-10-14(23-19(26)27-3)8-9-17(15)28-20/h4-10,16H,11H2,1-3H3,(H,23,26)(H2,22,24,25). The first-order valence-corrected chi connectivity index (χ1v) is 9.14. The minimum Gasteiger partial charge on any atom is -0.487 e. The largest absolute Gasteiger partial charge is 0.487 e. The number of anilines is 2. The molecule has 2 aromatic rings. The zero-order valence-corrected chi connectivity index (χ0v) is 16.6. The second-order valence-electron chi connectivity index (χ2n) is 7.09. The highest BCUT2D eigenvalue weighted by atomic mass is 35.5. The number of ether oxygens (including phenoxy) is 2. The lowest BCUT2D eigenvalue weighted by atomic mass is 9.89. The zero-order valence-electron chi connectivity index (χ0n) is 15.8. The Labute approximate surface area is 168 Å². The van der Waals surface area contributed by atoms with E-state index in [4.69, 9.17) is 16.3 Å². The summed E-state index contributed by atoms with van der Waals surface area (Å²) < 4.78 is 10.6. The Kier molecular flexibility index (Phi) is 5.65. The van der Waals surface area contributed by atoms with E-state index in [0.717, 1.165) is 5.56 Å². The van der Waals surface area contributed by atoms with Gasteiger partial charge in [0.2, 0.25) is 0 Å². The Morgan fingerprint density at radius 2 is 1.79 bits per heavy atom. The molecule has 1 aliphatic heterocycles. The number of carbonyl (C=O) groups is 2. The van der Waals surface area contributed by atoms with Crippen LogP contribution in [0.2, 0.25) is 5.02 Å². The third-order valence-corrected chi connectivity index (χ3v) is 4.56. The fraction of sp³-hybridized carbons (Fsp3) is 0.300. The molecule has 28 heavy (non-hydrogen) atoms. The second-order valence-corrected chi connectivity index (χ2v) is 7.53. The summed E-state index contributed by atoms with van der Waals surface area (Å²) in [6.07, 6.45) is -0.00240. The fourth-order valence-electron chi connectivity index (χ4n) is 3.09. The van der Waals surface area contributed by atoms with Gasteiger partial charge in [-0.2, -0.15) is 0 Å². The second kappa shape index (κ2) is 7.98. The van der Waals surface area contributed by atoms with E-state index >= 15 is 0 Å². The third-order valence-electron chi connectivity index (χ3n) is 4.31. The molecule has 1 heterocycles. The van der Waals surface area contributed by atoms with Gasteiger partial charge in [-0.15, -0.1) is 0 Å². The van der Waals surface area contributed by atoms with Crippen LogP contribution in [0.25, 0.3) is 0 Å². The van der Waals surface area contributed by atoms with E-state index in [1.54, 1.807) is 42.5 Å². The number of nitrogens with one attached hydrogen (secondary N) is 3. The summed E-state index contributed by atoms with van der Waals surface area (Å²) in [5.74, 6) is 0.656. The van der Waals surface area contributed by atoms with Gasteiger partial charge < -0.3 is 20.1 Å². The number of halogens is 1. The lowest BCUT2D eigenvalue weighted by Crippen LogP contribution is -2.42. The molecule has 1 unspecified atom stereocenters. The van der Waals surface area contributed by atoms with E-state index in [1.807, 2.05) is 13.8 Å². The lowest BCUT2D eigenvalue weighted by Gasteiger charge is -2.38. The summed E-state index contributed by atoms with van der Waals surface area (Å²) in [4.78, 5) is 24.0. The van der Waals surface area contributed by atoms with Crippen LogP contribution in [0.15, 0.2) is 42.5 Å². The number of benzene rings is 2. The molecule has 3 rings (SSSR count). The van der Waals surface area contributed by atoms with Crippen molar-refractivity contribution in [1.29, 1.82) is 0 Å². The Bertz CT molecular complexity index is 884. The van der Waals surface area contributed by atoms with Crippen molar-refractivity contribution in [1.82, 2.24) is 5.32 Å². The highest BCUT2D eigenvalue weighted by molar-refractivity contribution is 6.30. The average Bonchev–Trinajstić information content (AvgIpc) is 2.63. The van der Waals surface area contributed by atoms with E-state index in [1.165, 1.54) is 7.11 Å². The molecule has 148 valence electrons. The van der Waals surface area contributed by atoms with Gasteiger partial charge in [0.05, 0.1) is 13.2 Å². The van der Waals surface area contributed by atoms with Crippen LogP contribution in [0.5, 0.6) is 5.75 Å². The van der Waals surface area contributed by atoms with Gasteiger partial charge in [0.1, 0.15) is 11.4 Å². The van der Waals surface area contributed by atoms with Crippen molar-refractivity contribution < 1.29 is 19.1 Å². The SMILES string of the molecule is COC(=O)Nc1ccc2c(c1)C(NC(=O)Nc1ccc(Cl)cc1)CC(C)(C)O2. The van der Waals surface area contributed by atoms with Gasteiger partial charge in [-0.05, 0) is 56.3 Å². The number of fused-ring (bicyclic) bond motifs is 1. The minimum absolute atomic E-state index is 0.301. The van der Waals surface area contributed by atoms with Gasteiger partial charge in [0.25, 0.3) is 0 Å². The summed E-state index contributed by atoms with van der Waals surface area (Å²) in [5, 5.41) is 8.99. The molecule has 0 radical (unpaired) electrons. The molecule has 1 aliphatic rings. The number of carbonyl (C=O) groups excluding carboxylic acids is 2. The van der Waals surface area contributed by atoms with Crippen LogP contribution in [0.3, 0.4) is 0 Å². The van der Waals surface area contributed by atoms with Gasteiger partial charge in [0, 0.05) is 28.4 Å². The number of hydrogen-bond acceptors (Lipinski definition) is 4. The van der Waals surface area contributed by atoms with Gasteiger partial charge >= 0.3 is 12.1 Å². The van der Waals surface area contributed by atoms with E-state index < -0.39 is 11.7 Å². The molecule has 2 aromatic carbocycles. The summed E-state index contributed by atoms with van der Waals surface area (Å²) in [5.41, 5.74) is 1.51. The number of amides is 3. The number of rotatable bonds is 3. The van der Waals surface area contributed by atoms with Gasteiger partial charge in [-0.25, -0.2) is 9.59 Å². The van der Waals surface area contributed by atoms with Crippen LogP contribution >= 0.6 is 11.6 Å². The summed E-state index contributed by atoms with van der Waals surface area (Å²) in [6.45, 7) is 3.92. The highest BCUT2D eigenvalue weighted by Crippen LogP contribution is 2.40. The number of methoxy groups -OCH3 is 1. The Hall–Kier alpha value is -2.93. The lowest BCUT2D eigenvalue weighted by molar-refractivity contribution is 0.0683. The third kappa shape index (κ3) is 4.86. The molecule has 7 nitrogen and oxygen atoms in total. The maximum absolute atomic E-state index is 12.5. The van der Waals surface area contributed by atoms with Crippen LogP contribution in [0.4, 0.5) is 21.0 Å². The molecule has 3 amide bonds. The average molecular weight is 404 g/mol. The molecule has 8 heteroatoms. The predicted octanol–water partition coefficient (Wildman–Crippen LogP) is 4.94. The molecule has 1 atom stereocenters. The van der Waals surface area contributed by atoms with Crippen LogP contribution in [0.1, 0.15) is 31.9 Å². The smallest absolute Gasteiger partial charge is 0.411 e. The topological polar surface area (TPSA) is 88.7 Å². The fourth-order valence-corrected chi connectivity index (χ4v) is 3.21. The van der Waals surface area contributed by atoms with Crippen molar-refractivity contribution in [2.45, 2.75) is 31.9 Å². The molecule has 0 fully saturated rings. The van der Waals surface area contributed by atoms with Crippen molar-refractivity contribution in [3.05, 3.63) is 53.1 Å².